The zero-order chi connectivity index (χ0) is 17.6. The summed E-state index contributed by atoms with van der Waals surface area (Å²) in [7, 11) is 0. The van der Waals surface area contributed by atoms with Gasteiger partial charge >= 0.3 is 5.92 Å². The highest BCUT2D eigenvalue weighted by Gasteiger charge is 2.47. The van der Waals surface area contributed by atoms with Crippen molar-refractivity contribution in [2.75, 3.05) is 0 Å². The first kappa shape index (κ1) is 18.3. The number of aliphatic hydroxyl groups excluding tert-OH is 1. The van der Waals surface area contributed by atoms with Gasteiger partial charge in [0, 0.05) is 0 Å². The molecule has 0 aliphatic heterocycles. The van der Waals surface area contributed by atoms with Crippen LogP contribution in [0.25, 0.3) is 0 Å². The summed E-state index contributed by atoms with van der Waals surface area (Å²) in [6.07, 6.45) is -2.31. The minimum Gasteiger partial charge on any atom is -0.386 e. The number of ether oxygens (including phenoxy) is 1. The molecular weight excluding hydrogens is 310 g/mol. The summed E-state index contributed by atoms with van der Waals surface area (Å²) < 4.78 is 35.0. The maximum atomic E-state index is 14.7. The van der Waals surface area contributed by atoms with Crippen LogP contribution in [-0.4, -0.2) is 17.1 Å². The zero-order valence-corrected chi connectivity index (χ0v) is 13.7. The zero-order valence-electron chi connectivity index (χ0n) is 13.7. The van der Waals surface area contributed by atoms with Crippen molar-refractivity contribution in [3.8, 4) is 0 Å². The average molecular weight is 332 g/mol. The molecule has 0 amide bonds. The van der Waals surface area contributed by atoms with Crippen molar-refractivity contribution < 1.29 is 18.6 Å². The van der Waals surface area contributed by atoms with E-state index < -0.39 is 18.1 Å². The highest BCUT2D eigenvalue weighted by atomic mass is 19.3. The van der Waals surface area contributed by atoms with Crippen molar-refractivity contribution in [1.82, 2.24) is 0 Å². The van der Waals surface area contributed by atoms with E-state index in [1.165, 1.54) is 6.08 Å². The smallest absolute Gasteiger partial charge is 0.303 e. The van der Waals surface area contributed by atoms with Gasteiger partial charge in [0.05, 0.1) is 6.61 Å². The lowest BCUT2D eigenvalue weighted by molar-refractivity contribution is -0.199. The molecule has 0 heterocycles. The van der Waals surface area contributed by atoms with Crippen LogP contribution in [-0.2, 0) is 11.3 Å². The molecule has 0 fully saturated rings. The summed E-state index contributed by atoms with van der Waals surface area (Å²) in [6, 6.07) is 15.8. The molecule has 0 spiro atoms. The first-order valence-corrected chi connectivity index (χ1v) is 7.84. The molecule has 128 valence electrons. The molecule has 2 aromatic carbocycles. The molecule has 2 rings (SSSR count). The van der Waals surface area contributed by atoms with Crippen LogP contribution in [0, 0.1) is 6.92 Å². The summed E-state index contributed by atoms with van der Waals surface area (Å²) in [5.74, 6) is -3.43. The Hall–Kier alpha value is -2.04. The molecule has 24 heavy (non-hydrogen) atoms. The molecule has 0 aromatic heterocycles. The Kier molecular flexibility index (Phi) is 6.23. The number of benzene rings is 2. The third-order valence-corrected chi connectivity index (χ3v) is 3.82. The van der Waals surface area contributed by atoms with Crippen LogP contribution >= 0.6 is 0 Å². The lowest BCUT2D eigenvalue weighted by atomic mass is 9.96. The van der Waals surface area contributed by atoms with E-state index in [4.69, 9.17) is 4.74 Å². The van der Waals surface area contributed by atoms with Crippen LogP contribution in [0.2, 0.25) is 0 Å². The van der Waals surface area contributed by atoms with Gasteiger partial charge in [-0.15, -0.1) is 6.58 Å². The Labute approximate surface area is 141 Å². The Morgan fingerprint density at radius 2 is 1.75 bits per heavy atom. The van der Waals surface area contributed by atoms with Crippen LogP contribution in [0.5, 0.6) is 0 Å². The molecule has 0 unspecified atom stereocenters. The van der Waals surface area contributed by atoms with Crippen molar-refractivity contribution in [1.29, 1.82) is 0 Å². The molecule has 2 aromatic rings. The number of hydrogen-bond donors (Lipinski definition) is 1. The molecule has 0 saturated carbocycles. The van der Waals surface area contributed by atoms with Crippen LogP contribution in [0.15, 0.2) is 67.3 Å². The Bertz CT molecular complexity index is 638. The van der Waals surface area contributed by atoms with Crippen LogP contribution in [0.3, 0.4) is 0 Å². The van der Waals surface area contributed by atoms with Crippen LogP contribution in [0.1, 0.15) is 29.2 Å². The fraction of sp³-hybridized carbons (Fsp3) is 0.300. The molecule has 0 aliphatic rings. The largest absolute Gasteiger partial charge is 0.386 e. The summed E-state index contributed by atoms with van der Waals surface area (Å²) in [6.45, 7) is 5.34. The molecule has 4 heteroatoms. The minimum absolute atomic E-state index is 0.0375. The standard InChI is InChI=1S/C20H22F2O2/c1-3-7-18(23)20(21,22)19(17-12-10-15(2)11-13-17)24-14-16-8-5-4-6-9-16/h3-6,8-13,18-19,23H,1,7,14H2,2H3/t18-,19-/m1/s1. The van der Waals surface area contributed by atoms with E-state index in [2.05, 4.69) is 6.58 Å². The molecule has 0 radical (unpaired) electrons. The van der Waals surface area contributed by atoms with Crippen molar-refractivity contribution in [2.24, 2.45) is 0 Å². The van der Waals surface area contributed by atoms with Gasteiger partial charge in [-0.1, -0.05) is 66.2 Å². The van der Waals surface area contributed by atoms with Gasteiger partial charge in [0.1, 0.15) is 12.2 Å². The first-order valence-electron chi connectivity index (χ1n) is 7.84. The normalized spacial score (nSPS) is 14.2. The van der Waals surface area contributed by atoms with Gasteiger partial charge < -0.3 is 9.84 Å². The van der Waals surface area contributed by atoms with Crippen molar-refractivity contribution in [3.63, 3.8) is 0 Å². The number of alkyl halides is 2. The summed E-state index contributed by atoms with van der Waals surface area (Å²) in [5.41, 5.74) is 2.10. The van der Waals surface area contributed by atoms with Gasteiger partial charge in [-0.05, 0) is 24.5 Å². The van der Waals surface area contributed by atoms with Crippen molar-refractivity contribution >= 4 is 0 Å². The van der Waals surface area contributed by atoms with Gasteiger partial charge in [-0.25, -0.2) is 8.78 Å². The topological polar surface area (TPSA) is 29.5 Å². The van der Waals surface area contributed by atoms with Gasteiger partial charge in [0.15, 0.2) is 0 Å². The van der Waals surface area contributed by atoms with Gasteiger partial charge in [-0.2, -0.15) is 0 Å². The quantitative estimate of drug-likeness (QED) is 0.702. The summed E-state index contributed by atoms with van der Waals surface area (Å²) in [5, 5.41) is 9.86. The van der Waals surface area contributed by atoms with E-state index in [1.807, 2.05) is 37.3 Å². The molecule has 2 nitrogen and oxygen atoms in total. The third-order valence-electron chi connectivity index (χ3n) is 3.82. The molecule has 0 bridgehead atoms. The summed E-state index contributed by atoms with van der Waals surface area (Å²) in [4.78, 5) is 0. The number of hydrogen-bond acceptors (Lipinski definition) is 2. The Balaban J connectivity index is 2.26. The first-order chi connectivity index (χ1) is 11.4. The second-order valence-corrected chi connectivity index (χ2v) is 5.80. The van der Waals surface area contributed by atoms with Gasteiger partial charge in [0.2, 0.25) is 0 Å². The number of aryl methyl sites for hydroxylation is 1. The van der Waals surface area contributed by atoms with E-state index in [0.717, 1.165) is 11.1 Å². The van der Waals surface area contributed by atoms with Crippen LogP contribution < -0.4 is 0 Å². The molecular formula is C20H22F2O2. The van der Waals surface area contributed by atoms with Gasteiger partial charge in [0.25, 0.3) is 0 Å². The van der Waals surface area contributed by atoms with E-state index in [1.54, 1.807) is 24.3 Å². The molecule has 1 N–H and O–H groups in total. The fourth-order valence-electron chi connectivity index (χ4n) is 2.41. The van der Waals surface area contributed by atoms with E-state index in [-0.39, 0.29) is 13.0 Å². The molecule has 2 atom stereocenters. The maximum absolute atomic E-state index is 14.7. The number of rotatable bonds is 8. The monoisotopic (exact) mass is 332 g/mol. The average Bonchev–Trinajstić information content (AvgIpc) is 2.57. The number of aliphatic hydroxyl groups is 1. The third kappa shape index (κ3) is 4.49. The Morgan fingerprint density at radius 1 is 1.12 bits per heavy atom. The lowest BCUT2D eigenvalue weighted by Gasteiger charge is -2.31. The lowest BCUT2D eigenvalue weighted by Crippen LogP contribution is -2.40. The predicted octanol–water partition coefficient (Wildman–Crippen LogP) is 4.83. The van der Waals surface area contributed by atoms with Crippen molar-refractivity contribution in [2.45, 2.75) is 38.1 Å². The van der Waals surface area contributed by atoms with Crippen molar-refractivity contribution in [3.05, 3.63) is 83.9 Å². The minimum atomic E-state index is -3.43. The molecule has 0 aliphatic carbocycles. The predicted molar refractivity (Wildman–Crippen MR) is 90.9 cm³/mol. The van der Waals surface area contributed by atoms with E-state index >= 15 is 0 Å². The van der Waals surface area contributed by atoms with Gasteiger partial charge in [-0.3, -0.25) is 0 Å². The molecule has 0 saturated heterocycles. The Morgan fingerprint density at radius 3 is 2.33 bits per heavy atom. The highest BCUT2D eigenvalue weighted by Crippen LogP contribution is 2.39. The second-order valence-electron chi connectivity index (χ2n) is 5.80. The second kappa shape index (κ2) is 8.18. The highest BCUT2D eigenvalue weighted by molar-refractivity contribution is 5.25. The fourth-order valence-corrected chi connectivity index (χ4v) is 2.41. The maximum Gasteiger partial charge on any atom is 0.303 e. The van der Waals surface area contributed by atoms with E-state index in [0.29, 0.717) is 5.56 Å². The van der Waals surface area contributed by atoms with Crippen LogP contribution in [0.4, 0.5) is 8.78 Å². The van der Waals surface area contributed by atoms with E-state index in [9.17, 15) is 13.9 Å². The summed E-state index contributed by atoms with van der Waals surface area (Å²) >= 11 is 0. The number of halogens is 2. The SMILES string of the molecule is C=CC[C@@H](O)C(F)(F)[C@H](OCc1ccccc1)c1ccc(C)cc1.